The van der Waals surface area contributed by atoms with E-state index in [2.05, 4.69) is 10.0 Å². The maximum Gasteiger partial charge on any atom is 0.241 e. The van der Waals surface area contributed by atoms with Crippen molar-refractivity contribution in [3.63, 3.8) is 0 Å². The molecule has 0 spiro atoms. The van der Waals surface area contributed by atoms with Crippen LogP contribution in [-0.2, 0) is 16.6 Å². The third kappa shape index (κ3) is 4.04. The summed E-state index contributed by atoms with van der Waals surface area (Å²) >= 11 is 0. The van der Waals surface area contributed by atoms with Crippen LogP contribution in [0.4, 0.5) is 0 Å². The van der Waals surface area contributed by atoms with Crippen LogP contribution in [0.15, 0.2) is 29.2 Å². The fraction of sp³-hybridized carbons (Fsp3) is 0.600. The van der Waals surface area contributed by atoms with Gasteiger partial charge in [-0.25, -0.2) is 13.1 Å². The molecule has 0 radical (unpaired) electrons. The molecule has 0 saturated carbocycles. The van der Waals surface area contributed by atoms with Gasteiger partial charge in [0, 0.05) is 12.1 Å². The molecule has 0 aromatic heterocycles. The van der Waals surface area contributed by atoms with Crippen LogP contribution in [0.25, 0.3) is 0 Å². The molecule has 0 atom stereocenters. The predicted octanol–water partition coefficient (Wildman–Crippen LogP) is 2.65. The van der Waals surface area contributed by atoms with Gasteiger partial charge in [0.05, 0.1) is 4.90 Å². The molecule has 0 fully saturated rings. The Bertz CT molecular complexity index is 497. The summed E-state index contributed by atoms with van der Waals surface area (Å²) in [5.41, 5.74) is 0.724. The van der Waals surface area contributed by atoms with Gasteiger partial charge in [0.1, 0.15) is 0 Å². The lowest BCUT2D eigenvalue weighted by Gasteiger charge is -2.31. The Morgan fingerprint density at radius 1 is 1.00 bits per heavy atom. The average Bonchev–Trinajstić information content (AvgIpc) is 2.46. The molecule has 1 aromatic carbocycles. The second kappa shape index (κ2) is 7.20. The first-order valence-corrected chi connectivity index (χ1v) is 8.69. The Morgan fingerprint density at radius 2 is 1.50 bits per heavy atom. The molecule has 0 saturated heterocycles. The number of hydrogen-bond acceptors (Lipinski definition) is 3. The molecule has 0 aliphatic rings. The second-order valence-corrected chi connectivity index (χ2v) is 6.80. The van der Waals surface area contributed by atoms with Crippen molar-refractivity contribution in [1.29, 1.82) is 0 Å². The zero-order valence-electron chi connectivity index (χ0n) is 12.9. The molecule has 5 heteroatoms. The maximum absolute atomic E-state index is 12.5. The van der Waals surface area contributed by atoms with Crippen molar-refractivity contribution in [3.05, 3.63) is 29.8 Å². The van der Waals surface area contributed by atoms with Crippen LogP contribution in [0.5, 0.6) is 0 Å². The van der Waals surface area contributed by atoms with Gasteiger partial charge >= 0.3 is 0 Å². The van der Waals surface area contributed by atoms with Crippen LogP contribution in [0.1, 0.15) is 45.6 Å². The highest BCUT2D eigenvalue weighted by molar-refractivity contribution is 7.89. The van der Waals surface area contributed by atoms with Gasteiger partial charge in [0.15, 0.2) is 0 Å². The standard InChI is InChI=1S/C15H26N2O2S/c1-5-15(6-2,7-3)17-20(18,19)14-10-8-13(9-11-14)12-16-4/h8-11,16-17H,5-7,12H2,1-4H3. The molecule has 0 heterocycles. The third-order valence-corrected chi connectivity index (χ3v) is 5.59. The quantitative estimate of drug-likeness (QED) is 0.775. The van der Waals surface area contributed by atoms with Crippen LogP contribution >= 0.6 is 0 Å². The Hall–Kier alpha value is -0.910. The summed E-state index contributed by atoms with van der Waals surface area (Å²) in [6.07, 6.45) is 2.37. The molecule has 1 aromatic rings. The van der Waals surface area contributed by atoms with Gasteiger partial charge in [-0.3, -0.25) is 0 Å². The molecule has 1 rings (SSSR count). The van der Waals surface area contributed by atoms with Crippen molar-refractivity contribution in [1.82, 2.24) is 10.0 Å². The molecule has 114 valence electrons. The molecule has 20 heavy (non-hydrogen) atoms. The van der Waals surface area contributed by atoms with Gasteiger partial charge in [-0.05, 0) is 44.0 Å². The SMILES string of the molecule is CCC(CC)(CC)NS(=O)(=O)c1ccc(CNC)cc1. The number of nitrogens with one attached hydrogen (secondary N) is 2. The largest absolute Gasteiger partial charge is 0.316 e. The van der Waals surface area contributed by atoms with E-state index < -0.39 is 10.0 Å². The number of sulfonamides is 1. The first kappa shape index (κ1) is 17.1. The normalized spacial score (nSPS) is 12.6. The predicted molar refractivity (Wildman–Crippen MR) is 83.1 cm³/mol. The Balaban J connectivity index is 2.98. The Kier molecular flexibility index (Phi) is 6.17. The van der Waals surface area contributed by atoms with E-state index in [0.29, 0.717) is 4.90 Å². The van der Waals surface area contributed by atoms with Crippen molar-refractivity contribution in [2.45, 2.75) is 57.0 Å². The Morgan fingerprint density at radius 3 is 1.90 bits per heavy atom. The van der Waals surface area contributed by atoms with E-state index in [1.54, 1.807) is 12.1 Å². The number of hydrogen-bond donors (Lipinski definition) is 2. The highest BCUT2D eigenvalue weighted by Gasteiger charge is 2.30. The van der Waals surface area contributed by atoms with Crippen molar-refractivity contribution in [2.24, 2.45) is 0 Å². The lowest BCUT2D eigenvalue weighted by Crippen LogP contribution is -2.46. The highest BCUT2D eigenvalue weighted by atomic mass is 32.2. The second-order valence-electron chi connectivity index (χ2n) is 5.12. The van der Waals surface area contributed by atoms with Gasteiger partial charge in [-0.15, -0.1) is 0 Å². The topological polar surface area (TPSA) is 58.2 Å². The summed E-state index contributed by atoms with van der Waals surface area (Å²) in [5, 5.41) is 3.04. The van der Waals surface area contributed by atoms with E-state index in [9.17, 15) is 8.42 Å². The zero-order valence-corrected chi connectivity index (χ0v) is 13.7. The minimum absolute atomic E-state index is 0.331. The minimum atomic E-state index is -3.46. The minimum Gasteiger partial charge on any atom is -0.316 e. The van der Waals surface area contributed by atoms with Crippen molar-refractivity contribution < 1.29 is 8.42 Å². The van der Waals surface area contributed by atoms with E-state index >= 15 is 0 Å². The van der Waals surface area contributed by atoms with Gasteiger partial charge in [0.25, 0.3) is 0 Å². The van der Waals surface area contributed by atoms with Gasteiger partial charge < -0.3 is 5.32 Å². The molecule has 0 bridgehead atoms. The zero-order chi connectivity index (χ0) is 15.2. The van der Waals surface area contributed by atoms with Crippen LogP contribution in [0.2, 0.25) is 0 Å². The van der Waals surface area contributed by atoms with Gasteiger partial charge in [-0.1, -0.05) is 32.9 Å². The number of benzene rings is 1. The molecular weight excluding hydrogens is 272 g/mol. The lowest BCUT2D eigenvalue weighted by molar-refractivity contribution is 0.341. The van der Waals surface area contributed by atoms with E-state index in [4.69, 9.17) is 0 Å². The summed E-state index contributed by atoms with van der Waals surface area (Å²) < 4.78 is 27.8. The summed E-state index contributed by atoms with van der Waals surface area (Å²) in [5.74, 6) is 0. The summed E-state index contributed by atoms with van der Waals surface area (Å²) in [7, 11) is -1.59. The molecule has 4 nitrogen and oxygen atoms in total. The first-order chi connectivity index (χ1) is 9.43. The van der Waals surface area contributed by atoms with E-state index in [1.807, 2.05) is 40.0 Å². The fourth-order valence-corrected chi connectivity index (χ4v) is 3.92. The summed E-state index contributed by atoms with van der Waals surface area (Å²) in [4.78, 5) is 0.331. The lowest BCUT2D eigenvalue weighted by atomic mass is 9.91. The summed E-state index contributed by atoms with van der Waals surface area (Å²) in [6, 6.07) is 7.02. The van der Waals surface area contributed by atoms with E-state index in [-0.39, 0.29) is 5.54 Å². The first-order valence-electron chi connectivity index (χ1n) is 7.20. The van der Waals surface area contributed by atoms with E-state index in [1.165, 1.54) is 0 Å². The molecule has 0 aliphatic heterocycles. The van der Waals surface area contributed by atoms with Crippen LogP contribution in [0.3, 0.4) is 0 Å². The highest BCUT2D eigenvalue weighted by Crippen LogP contribution is 2.23. The van der Waals surface area contributed by atoms with Crippen molar-refractivity contribution in [2.75, 3.05) is 7.05 Å². The van der Waals surface area contributed by atoms with Crippen LogP contribution in [0, 0.1) is 0 Å². The molecule has 2 N–H and O–H groups in total. The molecule has 0 aliphatic carbocycles. The molecule has 0 unspecified atom stereocenters. The fourth-order valence-electron chi connectivity index (χ4n) is 2.30. The molecular formula is C15H26N2O2S. The average molecular weight is 298 g/mol. The van der Waals surface area contributed by atoms with Crippen LogP contribution < -0.4 is 10.0 Å². The van der Waals surface area contributed by atoms with Crippen molar-refractivity contribution >= 4 is 10.0 Å². The third-order valence-electron chi connectivity index (χ3n) is 4.00. The molecule has 0 amide bonds. The summed E-state index contributed by atoms with van der Waals surface area (Å²) in [6.45, 7) is 6.79. The number of rotatable bonds is 8. The van der Waals surface area contributed by atoms with Gasteiger partial charge in [-0.2, -0.15) is 0 Å². The Labute approximate surface area is 123 Å². The van der Waals surface area contributed by atoms with Crippen molar-refractivity contribution in [3.8, 4) is 0 Å². The monoisotopic (exact) mass is 298 g/mol. The van der Waals surface area contributed by atoms with Crippen LogP contribution in [-0.4, -0.2) is 21.0 Å². The van der Waals surface area contributed by atoms with E-state index in [0.717, 1.165) is 31.4 Å². The maximum atomic E-state index is 12.5. The van der Waals surface area contributed by atoms with Gasteiger partial charge in [0.2, 0.25) is 10.0 Å². The smallest absolute Gasteiger partial charge is 0.241 e.